The van der Waals surface area contributed by atoms with Gasteiger partial charge in [-0.3, -0.25) is 18.9 Å². The lowest BCUT2D eigenvalue weighted by Crippen LogP contribution is -2.36. The number of nitrogens with zero attached hydrogens (tertiary/aromatic N) is 5. The maximum Gasteiger partial charge on any atom is 0.435 e. The van der Waals surface area contributed by atoms with Gasteiger partial charge in [0.1, 0.15) is 40.9 Å². The number of fused-ring (bicyclic) bond motifs is 4. The second kappa shape index (κ2) is 16.9. The van der Waals surface area contributed by atoms with Crippen LogP contribution in [-0.4, -0.2) is 69.5 Å². The molecule has 2 N–H and O–H groups in total. The normalized spacial score (nSPS) is 18.3. The van der Waals surface area contributed by atoms with E-state index in [0.29, 0.717) is 18.9 Å². The molecule has 12 nitrogen and oxygen atoms in total. The summed E-state index contributed by atoms with van der Waals surface area (Å²) in [5.41, 5.74) is -4.42. The van der Waals surface area contributed by atoms with Gasteiger partial charge in [-0.25, -0.2) is 39.4 Å². The molecule has 0 aliphatic heterocycles. The maximum atomic E-state index is 15.7. The molecule has 3 aliphatic rings. The minimum Gasteiger partial charge on any atom is -0.346 e. The molecule has 0 bridgehead atoms. The van der Waals surface area contributed by atoms with Gasteiger partial charge in [0, 0.05) is 28.7 Å². The molecule has 1 fully saturated rings. The fourth-order valence-electron chi connectivity index (χ4n) is 8.31. The van der Waals surface area contributed by atoms with E-state index in [9.17, 15) is 52.4 Å². The summed E-state index contributed by atoms with van der Waals surface area (Å²) in [6.45, 7) is 1.71. The predicted octanol–water partition coefficient (Wildman–Crippen LogP) is 8.45. The number of sulfonamides is 1. The van der Waals surface area contributed by atoms with E-state index in [0.717, 1.165) is 22.9 Å². The number of sulfone groups is 1. The molecule has 67 heavy (non-hydrogen) atoms. The molecule has 3 heterocycles. The molecule has 3 aliphatic carbocycles. The van der Waals surface area contributed by atoms with Gasteiger partial charge in [-0.2, -0.15) is 32.1 Å². The molecular formula is C43H37ClF9N7O5S2. The highest BCUT2D eigenvalue weighted by molar-refractivity contribution is 7.94. The zero-order valence-electron chi connectivity index (χ0n) is 35.2. The zero-order valence-corrected chi connectivity index (χ0v) is 37.6. The lowest BCUT2D eigenvalue weighted by Gasteiger charge is -2.27. The summed E-state index contributed by atoms with van der Waals surface area (Å²) in [6.07, 6.45) is -5.77. The van der Waals surface area contributed by atoms with Crippen LogP contribution in [0.5, 0.6) is 0 Å². The summed E-state index contributed by atoms with van der Waals surface area (Å²) < 4.78 is 186. The van der Waals surface area contributed by atoms with Crippen LogP contribution in [0.3, 0.4) is 0 Å². The number of nitrogens with one attached hydrogen (secondary N) is 2. The Kier molecular flexibility index (Phi) is 12.1. The van der Waals surface area contributed by atoms with Crippen molar-refractivity contribution in [3.63, 3.8) is 0 Å². The van der Waals surface area contributed by atoms with Crippen LogP contribution < -0.4 is 10.0 Å². The van der Waals surface area contributed by atoms with E-state index < -0.39 is 132 Å². The van der Waals surface area contributed by atoms with Crippen LogP contribution in [0.25, 0.3) is 22.0 Å². The van der Waals surface area contributed by atoms with Crippen LogP contribution in [-0.2, 0) is 56.3 Å². The van der Waals surface area contributed by atoms with Crippen molar-refractivity contribution in [2.45, 2.75) is 93.6 Å². The fourth-order valence-corrected chi connectivity index (χ4v) is 10.9. The SMILES string of the molecule is CCS(=O)(=O)Nc1nn(CC(F)F)c2c(-c3ccc(C#CC(C)(C)S(=O)(=O)C4CC4)nc3[C@H](Cc3cc(F)cc(F)c3)NC(=O)Cn3nc(C(F)(F)F)c4c3C(F)(F)[C@@H]3C=C[C@H]43)ccc(Cl)c12. The number of alkyl halides is 7. The first-order valence-electron chi connectivity index (χ1n) is 20.5. The Bertz CT molecular complexity index is 3160. The number of amides is 1. The van der Waals surface area contributed by atoms with E-state index in [4.69, 9.17) is 11.6 Å². The molecule has 24 heteroatoms. The van der Waals surface area contributed by atoms with Crippen LogP contribution in [0.4, 0.5) is 45.3 Å². The summed E-state index contributed by atoms with van der Waals surface area (Å²) in [7, 11) is -7.89. The molecule has 1 amide bonds. The molecule has 8 rings (SSSR count). The molecule has 3 atom stereocenters. The lowest BCUT2D eigenvalue weighted by atomic mass is 9.81. The minimum absolute atomic E-state index is 0.0415. The van der Waals surface area contributed by atoms with E-state index in [1.807, 2.05) is 0 Å². The van der Waals surface area contributed by atoms with Crippen molar-refractivity contribution in [1.29, 1.82) is 0 Å². The van der Waals surface area contributed by atoms with Crippen molar-refractivity contribution >= 4 is 54.1 Å². The molecule has 5 aromatic rings. The fraction of sp³-hybridized carbons (Fsp3) is 0.395. The minimum atomic E-state index is -5.20. The number of pyridine rings is 1. The average Bonchev–Trinajstić information content (AvgIpc) is 3.88. The third-order valence-corrected chi connectivity index (χ3v) is 16.2. The smallest absolute Gasteiger partial charge is 0.346 e. The third kappa shape index (κ3) is 8.99. The molecule has 356 valence electrons. The van der Waals surface area contributed by atoms with E-state index in [1.54, 1.807) is 0 Å². The topological polar surface area (TPSA) is 158 Å². The Morgan fingerprint density at radius 2 is 1.64 bits per heavy atom. The number of carbonyl (C=O) groups is 1. The summed E-state index contributed by atoms with van der Waals surface area (Å²) in [4.78, 5) is 18.8. The standard InChI is InChI=1S/C43H37ClF9N7O5S2/c1-4-66(62,63)58-40-35-30(44)12-10-27(37(35)59(57-40)19-32(47)48)26-8-5-24(13-14-41(2,3)67(64,65)25-6-7-25)54-36(26)31(17-21-15-22(45)18-23(46)16-21)55-33(61)20-60-39-34(38(56-60)43(51,52)53)28-9-11-29(28)42(39,49)50/h5,8-12,15-16,18,25,28-29,31-32H,4,6-7,17,19-20H2,1-3H3,(H,55,61)(H,57,58)/t28-,29+,31-/m0/s1. The summed E-state index contributed by atoms with van der Waals surface area (Å²) in [6, 6.07) is 5.92. The Labute approximate surface area is 381 Å². The van der Waals surface area contributed by atoms with Gasteiger partial charge in [0.2, 0.25) is 15.9 Å². The predicted molar refractivity (Wildman–Crippen MR) is 227 cm³/mol. The summed E-state index contributed by atoms with van der Waals surface area (Å²) in [5.74, 6) is -5.69. The average molecular weight is 1000 g/mol. The van der Waals surface area contributed by atoms with Gasteiger partial charge in [-0.05, 0) is 81.8 Å². The van der Waals surface area contributed by atoms with Crippen LogP contribution in [0.15, 0.2) is 54.6 Å². The number of hydrogen-bond donors (Lipinski definition) is 2. The number of anilines is 1. The first kappa shape index (κ1) is 47.9. The van der Waals surface area contributed by atoms with Gasteiger partial charge >= 0.3 is 6.18 Å². The molecule has 0 radical (unpaired) electrons. The van der Waals surface area contributed by atoms with Crippen LogP contribution in [0, 0.1) is 29.4 Å². The highest BCUT2D eigenvalue weighted by Crippen LogP contribution is 2.60. The summed E-state index contributed by atoms with van der Waals surface area (Å²) >= 11 is 6.59. The molecule has 0 saturated heterocycles. The quantitative estimate of drug-likeness (QED) is 0.0638. The van der Waals surface area contributed by atoms with Crippen molar-refractivity contribution in [1.82, 2.24) is 29.9 Å². The molecule has 3 aromatic heterocycles. The van der Waals surface area contributed by atoms with Gasteiger partial charge in [0.15, 0.2) is 21.3 Å². The van der Waals surface area contributed by atoms with Gasteiger partial charge in [-0.1, -0.05) is 35.7 Å². The number of rotatable bonds is 14. The van der Waals surface area contributed by atoms with Crippen molar-refractivity contribution in [3.8, 4) is 23.0 Å². The van der Waals surface area contributed by atoms with E-state index >= 15 is 8.78 Å². The first-order chi connectivity index (χ1) is 31.2. The van der Waals surface area contributed by atoms with Crippen molar-refractivity contribution < 1.29 is 61.1 Å². The van der Waals surface area contributed by atoms with Crippen LogP contribution >= 0.6 is 11.6 Å². The number of allylic oxidation sites excluding steroid dienone is 2. The van der Waals surface area contributed by atoms with E-state index in [1.165, 1.54) is 51.1 Å². The number of benzene rings is 2. The number of aromatic nitrogens is 5. The largest absolute Gasteiger partial charge is 0.435 e. The van der Waals surface area contributed by atoms with Crippen molar-refractivity contribution in [3.05, 3.63) is 105 Å². The van der Waals surface area contributed by atoms with E-state index in [2.05, 4.69) is 37.1 Å². The van der Waals surface area contributed by atoms with Crippen LogP contribution in [0.1, 0.15) is 79.5 Å². The first-order valence-corrected chi connectivity index (χ1v) is 24.0. The number of hydrogen-bond acceptors (Lipinski definition) is 8. The Morgan fingerprint density at radius 3 is 2.24 bits per heavy atom. The molecule has 1 saturated carbocycles. The molecule has 0 unspecified atom stereocenters. The third-order valence-electron chi connectivity index (χ3n) is 11.7. The van der Waals surface area contributed by atoms with E-state index in [-0.39, 0.29) is 48.7 Å². The van der Waals surface area contributed by atoms with Gasteiger partial charge < -0.3 is 5.32 Å². The zero-order chi connectivity index (χ0) is 48.8. The Morgan fingerprint density at radius 1 is 0.970 bits per heavy atom. The number of halogens is 10. The number of carbonyl (C=O) groups excluding carboxylic acids is 1. The van der Waals surface area contributed by atoms with Gasteiger partial charge in [0.05, 0.1) is 44.6 Å². The Hall–Kier alpha value is -5.60. The highest BCUT2D eigenvalue weighted by atomic mass is 35.5. The van der Waals surface area contributed by atoms with Gasteiger partial charge in [0.25, 0.3) is 12.3 Å². The molecule has 0 spiro atoms. The monoisotopic (exact) mass is 1000 g/mol. The van der Waals surface area contributed by atoms with Crippen molar-refractivity contribution in [2.24, 2.45) is 5.92 Å². The molecular weight excluding hydrogens is 965 g/mol. The van der Waals surface area contributed by atoms with Crippen molar-refractivity contribution in [2.75, 3.05) is 10.5 Å². The highest BCUT2D eigenvalue weighted by Gasteiger charge is 2.61. The second-order valence-corrected chi connectivity index (χ2v) is 22.0. The lowest BCUT2D eigenvalue weighted by molar-refractivity contribution is -0.142. The molecule has 2 aromatic carbocycles. The Balaban J connectivity index is 1.32. The van der Waals surface area contributed by atoms with Gasteiger partial charge in [-0.15, -0.1) is 0 Å². The van der Waals surface area contributed by atoms with Crippen LogP contribution in [0.2, 0.25) is 5.02 Å². The second-order valence-electron chi connectivity index (χ2n) is 16.8. The summed E-state index contributed by atoms with van der Waals surface area (Å²) in [5, 5.41) is 9.11. The maximum absolute atomic E-state index is 15.7.